The number of aromatic nitrogens is 1. The van der Waals surface area contributed by atoms with Crippen LogP contribution in [0.15, 0.2) is 12.1 Å². The van der Waals surface area contributed by atoms with Crippen LogP contribution in [0.5, 0.6) is 17.2 Å². The molecule has 0 saturated carbocycles. The molecule has 2 rings (SSSR count). The Morgan fingerprint density at radius 1 is 1.07 bits per heavy atom. The van der Waals surface area contributed by atoms with Gasteiger partial charge in [0.15, 0.2) is 11.5 Å². The number of esters is 1. The minimum atomic E-state index is -2.89. The summed E-state index contributed by atoms with van der Waals surface area (Å²) >= 11 is 0. The van der Waals surface area contributed by atoms with Crippen LogP contribution in [0.25, 0.3) is 11.1 Å². The van der Waals surface area contributed by atoms with Crippen molar-refractivity contribution in [3.05, 3.63) is 29.1 Å². The highest BCUT2D eigenvalue weighted by atomic mass is 19.3. The van der Waals surface area contributed by atoms with E-state index in [1.165, 1.54) is 21.3 Å². The first-order valence-electron chi connectivity index (χ1n) is 8.44. The van der Waals surface area contributed by atoms with Gasteiger partial charge in [0.05, 0.1) is 33.5 Å². The largest absolute Gasteiger partial charge is 0.493 e. The summed E-state index contributed by atoms with van der Waals surface area (Å²) in [5.74, 6) is 0.0885. The van der Waals surface area contributed by atoms with Crippen LogP contribution in [0.3, 0.4) is 0 Å². The number of alkyl halides is 2. The number of hydrogen-bond acceptors (Lipinski definition) is 5. The van der Waals surface area contributed by atoms with Crippen LogP contribution in [0, 0.1) is 0 Å². The van der Waals surface area contributed by atoms with Gasteiger partial charge in [0.25, 0.3) is 6.43 Å². The predicted molar refractivity (Wildman–Crippen MR) is 96.2 cm³/mol. The maximum Gasteiger partial charge on any atom is 0.355 e. The molecule has 1 aromatic carbocycles. The molecular weight excluding hydrogens is 360 g/mol. The zero-order valence-electron chi connectivity index (χ0n) is 15.9. The number of rotatable bonds is 8. The van der Waals surface area contributed by atoms with Crippen molar-refractivity contribution < 1.29 is 32.5 Å². The molecule has 0 unspecified atom stereocenters. The normalized spacial score (nSPS) is 10.8. The summed E-state index contributed by atoms with van der Waals surface area (Å²) in [6.45, 7) is 3.49. The zero-order valence-corrected chi connectivity index (χ0v) is 15.9. The van der Waals surface area contributed by atoms with Gasteiger partial charge in [-0.25, -0.2) is 13.6 Å². The Kier molecular flexibility index (Phi) is 6.65. The van der Waals surface area contributed by atoms with Crippen molar-refractivity contribution in [2.75, 3.05) is 27.9 Å². The lowest BCUT2D eigenvalue weighted by Gasteiger charge is -2.17. The summed E-state index contributed by atoms with van der Waals surface area (Å²) in [5.41, 5.74) is 0.368. The lowest BCUT2D eigenvalue weighted by atomic mass is 9.97. The molecule has 0 fully saturated rings. The van der Waals surface area contributed by atoms with Crippen LogP contribution in [-0.4, -0.2) is 38.9 Å². The number of nitrogens with one attached hydrogen (secondary N) is 1. The summed E-state index contributed by atoms with van der Waals surface area (Å²) in [5, 5.41) is 0. The molecule has 2 aromatic rings. The first-order valence-corrected chi connectivity index (χ1v) is 8.44. The monoisotopic (exact) mass is 383 g/mol. The topological polar surface area (TPSA) is 69.8 Å². The lowest BCUT2D eigenvalue weighted by molar-refractivity contribution is 0.0509. The molecule has 1 aromatic heterocycles. The summed E-state index contributed by atoms with van der Waals surface area (Å²) in [4.78, 5) is 15.0. The highest BCUT2D eigenvalue weighted by Crippen LogP contribution is 2.48. The van der Waals surface area contributed by atoms with Gasteiger partial charge in [0, 0.05) is 16.8 Å². The number of aromatic amines is 1. The lowest BCUT2D eigenvalue weighted by Crippen LogP contribution is -2.08. The van der Waals surface area contributed by atoms with Gasteiger partial charge in [-0.15, -0.1) is 0 Å². The van der Waals surface area contributed by atoms with E-state index >= 15 is 0 Å². The molecule has 8 heteroatoms. The summed E-state index contributed by atoms with van der Waals surface area (Å²) in [6, 6.07) is 3.20. The second-order valence-corrected chi connectivity index (χ2v) is 5.52. The van der Waals surface area contributed by atoms with E-state index in [2.05, 4.69) is 4.98 Å². The molecule has 148 valence electrons. The second-order valence-electron chi connectivity index (χ2n) is 5.52. The Balaban J connectivity index is 2.84. The van der Waals surface area contributed by atoms with Crippen LogP contribution in [0.1, 0.15) is 42.0 Å². The van der Waals surface area contributed by atoms with Crippen molar-refractivity contribution in [1.29, 1.82) is 0 Å². The van der Waals surface area contributed by atoms with E-state index < -0.39 is 18.0 Å². The van der Waals surface area contributed by atoms with Gasteiger partial charge in [0.1, 0.15) is 5.69 Å². The van der Waals surface area contributed by atoms with Crippen molar-refractivity contribution >= 4 is 5.97 Å². The fourth-order valence-electron chi connectivity index (χ4n) is 3.02. The molecule has 0 bridgehead atoms. The number of hydrogen-bond donors (Lipinski definition) is 1. The number of benzene rings is 1. The van der Waals surface area contributed by atoms with Gasteiger partial charge in [0.2, 0.25) is 5.75 Å². The maximum absolute atomic E-state index is 14.0. The zero-order chi connectivity index (χ0) is 20.1. The summed E-state index contributed by atoms with van der Waals surface area (Å²) < 4.78 is 48.9. The molecule has 1 N–H and O–H groups in total. The van der Waals surface area contributed by atoms with Crippen molar-refractivity contribution in [3.8, 4) is 28.4 Å². The molecule has 0 spiro atoms. The molecular formula is C19H23F2NO5. The fraction of sp³-hybridized carbons (Fsp3) is 0.421. The highest BCUT2D eigenvalue weighted by Gasteiger charge is 2.31. The number of methoxy groups -OCH3 is 3. The van der Waals surface area contributed by atoms with Crippen LogP contribution in [0.2, 0.25) is 0 Å². The van der Waals surface area contributed by atoms with E-state index in [4.69, 9.17) is 18.9 Å². The third-order valence-corrected chi connectivity index (χ3v) is 4.14. The molecule has 0 saturated heterocycles. The van der Waals surface area contributed by atoms with E-state index in [-0.39, 0.29) is 29.4 Å². The molecule has 6 nitrogen and oxygen atoms in total. The average molecular weight is 383 g/mol. The van der Waals surface area contributed by atoms with Gasteiger partial charge in [-0.2, -0.15) is 0 Å². The quantitative estimate of drug-likeness (QED) is 0.685. The number of carbonyl (C=O) groups is 1. The second kappa shape index (κ2) is 8.75. The fourth-order valence-corrected chi connectivity index (χ4v) is 3.02. The third-order valence-electron chi connectivity index (χ3n) is 4.14. The molecule has 0 aliphatic heterocycles. The van der Waals surface area contributed by atoms with Crippen molar-refractivity contribution in [2.24, 2.45) is 0 Å². The maximum atomic E-state index is 14.0. The van der Waals surface area contributed by atoms with Gasteiger partial charge in [-0.1, -0.05) is 6.92 Å². The summed E-state index contributed by atoms with van der Waals surface area (Å²) in [7, 11) is 4.31. The van der Waals surface area contributed by atoms with Gasteiger partial charge in [-0.3, -0.25) is 0 Å². The molecule has 27 heavy (non-hydrogen) atoms. The van der Waals surface area contributed by atoms with E-state index in [9.17, 15) is 13.6 Å². The van der Waals surface area contributed by atoms with E-state index in [1.54, 1.807) is 26.0 Å². The minimum absolute atomic E-state index is 0.0804. The predicted octanol–water partition coefficient (Wildman–Crippen LogP) is 4.38. The Morgan fingerprint density at radius 2 is 1.74 bits per heavy atom. The van der Waals surface area contributed by atoms with E-state index in [0.717, 1.165) is 0 Å². The molecule has 1 heterocycles. The molecule has 0 aliphatic carbocycles. The van der Waals surface area contributed by atoms with Gasteiger partial charge >= 0.3 is 5.97 Å². The van der Waals surface area contributed by atoms with E-state index in [0.29, 0.717) is 23.4 Å². The van der Waals surface area contributed by atoms with Crippen molar-refractivity contribution in [1.82, 2.24) is 4.98 Å². The highest BCUT2D eigenvalue weighted by molar-refractivity contribution is 5.94. The first kappa shape index (κ1) is 20.5. The number of H-pyrrole nitrogens is 1. The average Bonchev–Trinajstić information content (AvgIpc) is 3.06. The Morgan fingerprint density at radius 3 is 2.22 bits per heavy atom. The summed E-state index contributed by atoms with van der Waals surface area (Å²) in [6.07, 6.45) is -2.50. The van der Waals surface area contributed by atoms with Crippen LogP contribution < -0.4 is 14.2 Å². The third kappa shape index (κ3) is 3.70. The van der Waals surface area contributed by atoms with Crippen LogP contribution in [0.4, 0.5) is 8.78 Å². The van der Waals surface area contributed by atoms with Gasteiger partial charge in [-0.05, 0) is 25.5 Å². The van der Waals surface area contributed by atoms with Crippen molar-refractivity contribution in [2.45, 2.75) is 26.7 Å². The Labute approximate surface area is 156 Å². The van der Waals surface area contributed by atoms with Gasteiger partial charge < -0.3 is 23.9 Å². The molecule has 0 radical (unpaired) electrons. The first-order chi connectivity index (χ1) is 12.9. The number of halogens is 2. The number of carbonyl (C=O) groups excluding carboxylic acids is 1. The molecule has 0 atom stereocenters. The molecule has 0 amide bonds. The Bertz CT molecular complexity index is 817. The number of ether oxygens (including phenoxy) is 4. The van der Waals surface area contributed by atoms with E-state index in [1.807, 2.05) is 0 Å². The SMILES string of the molecule is CCOC(=O)c1[nH]c(CC)c(-c2ccc(OC)c(OC)c2OC)c1C(F)F. The van der Waals surface area contributed by atoms with Crippen molar-refractivity contribution in [3.63, 3.8) is 0 Å². The minimum Gasteiger partial charge on any atom is -0.493 e. The van der Waals surface area contributed by atoms with Crippen LogP contribution >= 0.6 is 0 Å². The number of aryl methyl sites for hydroxylation is 1. The standard InChI is InChI=1S/C19H23F2NO5/c1-6-11-13(14(18(20)21)15(22-11)19(23)27-7-2)10-8-9-12(24-3)17(26-5)16(10)25-4/h8-9,18,22H,6-7H2,1-5H3. The Hall–Kier alpha value is -2.77. The molecule has 0 aliphatic rings. The van der Waals surface area contributed by atoms with Crippen LogP contribution in [-0.2, 0) is 11.2 Å². The smallest absolute Gasteiger partial charge is 0.355 e.